The minimum Gasteiger partial charge on any atom is -0.309 e. The quantitative estimate of drug-likeness (QED) is 0.530. The Kier molecular flexibility index (Phi) is 7.43. The van der Waals surface area contributed by atoms with Gasteiger partial charge in [0.15, 0.2) is 5.13 Å². The van der Waals surface area contributed by atoms with E-state index >= 15 is 0 Å². The minimum atomic E-state index is 0. The van der Waals surface area contributed by atoms with Crippen molar-refractivity contribution in [3.63, 3.8) is 0 Å². The number of hydrogen-bond donors (Lipinski definition) is 0. The first-order valence-electron chi connectivity index (χ1n) is 8.02. The van der Waals surface area contributed by atoms with Gasteiger partial charge in [0, 0.05) is 11.6 Å². The molecule has 1 aromatic carbocycles. The molecule has 0 aliphatic carbocycles. The Balaban J connectivity index is 0.00000243. The van der Waals surface area contributed by atoms with E-state index in [0.717, 1.165) is 38.8 Å². The molecule has 26 heavy (non-hydrogen) atoms. The predicted octanol–water partition coefficient (Wildman–Crippen LogP) is 5.34. The molecule has 3 aromatic rings. The zero-order chi connectivity index (χ0) is 18.0. The number of amides is 1. The normalized spacial score (nSPS) is 11.0. The summed E-state index contributed by atoms with van der Waals surface area (Å²) in [5.74, 6) is 0.0107. The van der Waals surface area contributed by atoms with Crippen molar-refractivity contribution in [2.24, 2.45) is 0 Å². The third kappa shape index (κ3) is 4.75. The zero-order valence-corrected chi connectivity index (χ0v) is 18.1. The number of hydrogen-bond acceptors (Lipinski definition) is 5. The van der Waals surface area contributed by atoms with Gasteiger partial charge in [-0.2, -0.15) is 0 Å². The van der Waals surface area contributed by atoms with E-state index in [0.29, 0.717) is 11.6 Å². The van der Waals surface area contributed by atoms with Crippen LogP contribution in [-0.4, -0.2) is 43.0 Å². The SMILES string of the molecule is Cc1cc(Cl)cc2sc(N(CCCN(C)C)C(=O)c3cccs3)nc12.Cl. The van der Waals surface area contributed by atoms with Crippen molar-refractivity contribution in [3.8, 4) is 0 Å². The molecule has 1 amide bonds. The van der Waals surface area contributed by atoms with Crippen LogP contribution in [-0.2, 0) is 0 Å². The Labute approximate surface area is 172 Å². The Morgan fingerprint density at radius 3 is 2.69 bits per heavy atom. The second-order valence-corrected chi connectivity index (χ2v) is 8.55. The van der Waals surface area contributed by atoms with Gasteiger partial charge in [-0.25, -0.2) is 4.98 Å². The van der Waals surface area contributed by atoms with Gasteiger partial charge in [-0.3, -0.25) is 9.69 Å². The number of aryl methyl sites for hydroxylation is 1. The van der Waals surface area contributed by atoms with Crippen molar-refractivity contribution < 1.29 is 4.79 Å². The maximum absolute atomic E-state index is 13.0. The lowest BCUT2D eigenvalue weighted by atomic mass is 10.2. The fourth-order valence-corrected chi connectivity index (χ4v) is 4.74. The molecule has 2 heterocycles. The topological polar surface area (TPSA) is 36.4 Å². The van der Waals surface area contributed by atoms with Crippen LogP contribution in [0.3, 0.4) is 0 Å². The molecule has 8 heteroatoms. The Morgan fingerprint density at radius 1 is 1.27 bits per heavy atom. The lowest BCUT2D eigenvalue weighted by Crippen LogP contribution is -2.32. The number of anilines is 1. The van der Waals surface area contributed by atoms with E-state index in [2.05, 4.69) is 4.90 Å². The van der Waals surface area contributed by atoms with E-state index in [9.17, 15) is 4.79 Å². The van der Waals surface area contributed by atoms with Crippen LogP contribution in [0.15, 0.2) is 29.6 Å². The molecule has 0 atom stereocenters. The maximum Gasteiger partial charge on any atom is 0.270 e. The summed E-state index contributed by atoms with van der Waals surface area (Å²) in [6.07, 6.45) is 0.889. The Morgan fingerprint density at radius 2 is 2.04 bits per heavy atom. The number of halogens is 2. The number of aromatic nitrogens is 1. The standard InChI is InChI=1S/C18H20ClN3OS2.ClH/c1-12-10-13(19)11-15-16(12)20-18(25-15)22(8-5-7-21(2)3)17(23)14-6-4-9-24-14;/h4,6,9-11H,5,7-8H2,1-3H3;1H. The minimum absolute atomic E-state index is 0. The third-order valence-corrected chi connectivity index (χ3v) is 5.94. The molecule has 0 spiro atoms. The van der Waals surface area contributed by atoms with Crippen LogP contribution in [0.4, 0.5) is 5.13 Å². The molecule has 0 radical (unpaired) electrons. The average molecular weight is 430 g/mol. The number of rotatable bonds is 6. The lowest BCUT2D eigenvalue weighted by Gasteiger charge is -2.20. The molecule has 0 aliphatic rings. The molecule has 0 unspecified atom stereocenters. The van der Waals surface area contributed by atoms with Gasteiger partial charge in [0.1, 0.15) is 0 Å². The molecular weight excluding hydrogens is 409 g/mol. The molecule has 4 nitrogen and oxygen atoms in total. The molecular formula is C18H21Cl2N3OS2. The number of carbonyl (C=O) groups excluding carboxylic acids is 1. The average Bonchev–Trinajstić information content (AvgIpc) is 3.20. The van der Waals surface area contributed by atoms with Crippen LogP contribution in [0.5, 0.6) is 0 Å². The maximum atomic E-state index is 13.0. The fourth-order valence-electron chi connectivity index (χ4n) is 2.62. The summed E-state index contributed by atoms with van der Waals surface area (Å²) in [6.45, 7) is 3.56. The molecule has 3 rings (SSSR count). The number of benzene rings is 1. The van der Waals surface area contributed by atoms with Crippen molar-refractivity contribution in [2.45, 2.75) is 13.3 Å². The van der Waals surface area contributed by atoms with Crippen LogP contribution in [0.2, 0.25) is 5.02 Å². The van der Waals surface area contributed by atoms with Gasteiger partial charge in [-0.05, 0) is 63.1 Å². The number of nitrogens with zero attached hydrogens (tertiary/aromatic N) is 3. The highest BCUT2D eigenvalue weighted by Gasteiger charge is 2.22. The largest absolute Gasteiger partial charge is 0.309 e. The highest BCUT2D eigenvalue weighted by atomic mass is 35.5. The first-order chi connectivity index (χ1) is 12.0. The molecule has 0 saturated heterocycles. The van der Waals surface area contributed by atoms with Crippen LogP contribution in [0, 0.1) is 6.92 Å². The van der Waals surface area contributed by atoms with Gasteiger partial charge in [-0.1, -0.05) is 29.0 Å². The predicted molar refractivity (Wildman–Crippen MR) is 116 cm³/mol. The van der Waals surface area contributed by atoms with E-state index in [-0.39, 0.29) is 18.3 Å². The van der Waals surface area contributed by atoms with Crippen molar-refractivity contribution in [3.05, 3.63) is 45.1 Å². The lowest BCUT2D eigenvalue weighted by molar-refractivity contribution is 0.0990. The molecule has 0 fully saturated rings. The fraction of sp³-hybridized carbons (Fsp3) is 0.333. The van der Waals surface area contributed by atoms with Gasteiger partial charge < -0.3 is 4.90 Å². The number of thiophene rings is 1. The van der Waals surface area contributed by atoms with Crippen LogP contribution in [0.25, 0.3) is 10.2 Å². The zero-order valence-electron chi connectivity index (χ0n) is 14.9. The molecule has 2 aromatic heterocycles. The van der Waals surface area contributed by atoms with E-state index in [1.54, 1.807) is 4.90 Å². The van der Waals surface area contributed by atoms with E-state index in [1.807, 2.05) is 50.7 Å². The molecule has 0 bridgehead atoms. The van der Waals surface area contributed by atoms with Crippen LogP contribution in [0.1, 0.15) is 21.7 Å². The summed E-state index contributed by atoms with van der Waals surface area (Å²) in [7, 11) is 4.07. The van der Waals surface area contributed by atoms with Crippen LogP contribution < -0.4 is 4.90 Å². The molecule has 0 N–H and O–H groups in total. The smallest absolute Gasteiger partial charge is 0.270 e. The summed E-state index contributed by atoms with van der Waals surface area (Å²) in [6, 6.07) is 7.59. The summed E-state index contributed by atoms with van der Waals surface area (Å²) in [5, 5.41) is 3.36. The van der Waals surface area contributed by atoms with Gasteiger partial charge in [0.25, 0.3) is 5.91 Å². The van der Waals surface area contributed by atoms with Crippen molar-refractivity contribution >= 4 is 67.9 Å². The highest BCUT2D eigenvalue weighted by Crippen LogP contribution is 2.34. The molecule has 0 aliphatic heterocycles. The van der Waals surface area contributed by atoms with Crippen molar-refractivity contribution in [1.82, 2.24) is 9.88 Å². The van der Waals surface area contributed by atoms with E-state index in [4.69, 9.17) is 16.6 Å². The number of thiazole rings is 1. The summed E-state index contributed by atoms with van der Waals surface area (Å²) < 4.78 is 1.01. The monoisotopic (exact) mass is 429 g/mol. The van der Waals surface area contributed by atoms with Crippen LogP contribution >= 0.6 is 46.7 Å². The number of fused-ring (bicyclic) bond motifs is 1. The molecule has 140 valence electrons. The molecule has 0 saturated carbocycles. The summed E-state index contributed by atoms with van der Waals surface area (Å²) >= 11 is 9.15. The number of carbonyl (C=O) groups is 1. The Bertz CT molecular complexity index is 878. The van der Waals surface area contributed by atoms with Gasteiger partial charge in [0.05, 0.1) is 15.1 Å². The van der Waals surface area contributed by atoms with E-state index in [1.165, 1.54) is 22.7 Å². The van der Waals surface area contributed by atoms with Gasteiger partial charge in [-0.15, -0.1) is 23.7 Å². The second-order valence-electron chi connectivity index (χ2n) is 6.16. The highest BCUT2D eigenvalue weighted by molar-refractivity contribution is 7.22. The second kappa shape index (κ2) is 9.15. The van der Waals surface area contributed by atoms with Gasteiger partial charge in [0.2, 0.25) is 0 Å². The van der Waals surface area contributed by atoms with Crippen molar-refractivity contribution in [1.29, 1.82) is 0 Å². The summed E-state index contributed by atoms with van der Waals surface area (Å²) in [4.78, 5) is 22.4. The summed E-state index contributed by atoms with van der Waals surface area (Å²) in [5.41, 5.74) is 1.95. The first-order valence-corrected chi connectivity index (χ1v) is 10.1. The third-order valence-electron chi connectivity index (χ3n) is 3.83. The van der Waals surface area contributed by atoms with Gasteiger partial charge >= 0.3 is 0 Å². The Hall–Kier alpha value is -1.18. The van der Waals surface area contributed by atoms with E-state index < -0.39 is 0 Å². The van der Waals surface area contributed by atoms with Crippen molar-refractivity contribution in [2.75, 3.05) is 32.1 Å². The first kappa shape index (κ1) is 21.1.